The van der Waals surface area contributed by atoms with Gasteiger partial charge in [-0.15, -0.1) is 0 Å². The van der Waals surface area contributed by atoms with E-state index in [0.717, 1.165) is 13.1 Å². The van der Waals surface area contributed by atoms with Crippen molar-refractivity contribution in [1.29, 1.82) is 0 Å². The fraction of sp³-hybridized carbons (Fsp3) is 0.550. The predicted octanol–water partition coefficient (Wildman–Crippen LogP) is 2.61. The van der Waals surface area contributed by atoms with Gasteiger partial charge >= 0.3 is 0 Å². The molecule has 1 fully saturated rings. The Bertz CT molecular complexity index is 865. The molecule has 0 bridgehead atoms. The first kappa shape index (κ1) is 18.7. The molecule has 1 saturated heterocycles. The summed E-state index contributed by atoms with van der Waals surface area (Å²) in [6.07, 6.45) is 0. The van der Waals surface area contributed by atoms with Gasteiger partial charge in [0.25, 0.3) is 5.91 Å². The van der Waals surface area contributed by atoms with Crippen molar-refractivity contribution in [3.63, 3.8) is 0 Å². The quantitative estimate of drug-likeness (QED) is 0.802. The molecule has 3 heterocycles. The molecule has 2 aliphatic rings. The van der Waals surface area contributed by atoms with Crippen LogP contribution in [0.25, 0.3) is 0 Å². The van der Waals surface area contributed by atoms with Crippen molar-refractivity contribution >= 4 is 5.91 Å². The van der Waals surface area contributed by atoms with Crippen LogP contribution in [0.5, 0.6) is 11.5 Å². The molecular weight excluding hydrogens is 360 g/mol. The van der Waals surface area contributed by atoms with Gasteiger partial charge in [0.1, 0.15) is 0 Å². The van der Waals surface area contributed by atoms with Gasteiger partial charge in [-0.1, -0.05) is 25.9 Å². The maximum absolute atomic E-state index is 12.8. The molecule has 0 aliphatic carbocycles. The number of hydrogen-bond acceptors (Lipinski definition) is 7. The van der Waals surface area contributed by atoms with Crippen LogP contribution in [0.2, 0.25) is 0 Å². The largest absolute Gasteiger partial charge is 0.454 e. The minimum Gasteiger partial charge on any atom is -0.454 e. The number of fused-ring (bicyclic) bond motifs is 1. The molecule has 8 heteroatoms. The predicted molar refractivity (Wildman–Crippen MR) is 101 cm³/mol. The minimum atomic E-state index is -0.142. The van der Waals surface area contributed by atoms with Crippen LogP contribution in [0.3, 0.4) is 0 Å². The number of rotatable bonds is 3. The summed E-state index contributed by atoms with van der Waals surface area (Å²) in [4.78, 5) is 21.5. The van der Waals surface area contributed by atoms with Crippen LogP contribution >= 0.6 is 0 Å². The summed E-state index contributed by atoms with van der Waals surface area (Å²) >= 11 is 0. The van der Waals surface area contributed by atoms with E-state index in [2.05, 4.69) is 42.7 Å². The highest BCUT2D eigenvalue weighted by Gasteiger charge is 2.30. The molecule has 0 saturated carbocycles. The number of carbonyl (C=O) groups is 1. The molecule has 1 aromatic heterocycles. The summed E-state index contributed by atoms with van der Waals surface area (Å²) in [5.74, 6) is 2.67. The summed E-state index contributed by atoms with van der Waals surface area (Å²) in [5.41, 5.74) is 0.481. The lowest BCUT2D eigenvalue weighted by molar-refractivity contribution is 0.0551. The number of amides is 1. The Labute approximate surface area is 164 Å². The molecule has 2 aromatic rings. The smallest absolute Gasteiger partial charge is 0.254 e. The molecular formula is C20H26N4O4. The number of piperazine rings is 1. The van der Waals surface area contributed by atoms with Crippen molar-refractivity contribution in [3.8, 4) is 11.5 Å². The third kappa shape index (κ3) is 3.56. The SMILES string of the molecule is CC(c1nc(C(C)(C)C)no1)N1CCN(C(=O)c2ccc3c(c2)OCO3)CC1. The lowest BCUT2D eigenvalue weighted by Crippen LogP contribution is -2.49. The number of hydrogen-bond donors (Lipinski definition) is 0. The minimum absolute atomic E-state index is 0.0124. The molecule has 28 heavy (non-hydrogen) atoms. The van der Waals surface area contributed by atoms with E-state index in [0.29, 0.717) is 41.9 Å². The summed E-state index contributed by atoms with van der Waals surface area (Å²) in [7, 11) is 0. The number of carbonyl (C=O) groups excluding carboxylic acids is 1. The number of benzene rings is 1. The van der Waals surface area contributed by atoms with E-state index in [1.165, 1.54) is 0 Å². The molecule has 1 aromatic carbocycles. The summed E-state index contributed by atoms with van der Waals surface area (Å²) < 4.78 is 16.2. The van der Waals surface area contributed by atoms with E-state index in [9.17, 15) is 4.79 Å². The fourth-order valence-corrected chi connectivity index (χ4v) is 3.39. The third-order valence-corrected chi connectivity index (χ3v) is 5.24. The van der Waals surface area contributed by atoms with Gasteiger partial charge in [-0.2, -0.15) is 4.98 Å². The Morgan fingerprint density at radius 3 is 2.50 bits per heavy atom. The molecule has 1 amide bonds. The van der Waals surface area contributed by atoms with Gasteiger partial charge in [0.15, 0.2) is 17.3 Å². The number of nitrogens with zero attached hydrogens (tertiary/aromatic N) is 4. The first-order valence-electron chi connectivity index (χ1n) is 9.60. The van der Waals surface area contributed by atoms with Gasteiger partial charge in [0.05, 0.1) is 6.04 Å². The van der Waals surface area contributed by atoms with Crippen molar-refractivity contribution in [1.82, 2.24) is 19.9 Å². The zero-order valence-corrected chi connectivity index (χ0v) is 16.8. The molecule has 2 aliphatic heterocycles. The van der Waals surface area contributed by atoms with E-state index in [-0.39, 0.29) is 24.2 Å². The van der Waals surface area contributed by atoms with Gasteiger partial charge in [-0.3, -0.25) is 9.69 Å². The third-order valence-electron chi connectivity index (χ3n) is 5.24. The van der Waals surface area contributed by atoms with Crippen LogP contribution in [-0.2, 0) is 5.41 Å². The molecule has 0 radical (unpaired) electrons. The molecule has 0 N–H and O–H groups in total. The second kappa shape index (κ2) is 7.09. The fourth-order valence-electron chi connectivity index (χ4n) is 3.39. The Morgan fingerprint density at radius 1 is 1.11 bits per heavy atom. The first-order valence-corrected chi connectivity index (χ1v) is 9.60. The second-order valence-corrected chi connectivity index (χ2v) is 8.28. The second-order valence-electron chi connectivity index (χ2n) is 8.28. The van der Waals surface area contributed by atoms with E-state index < -0.39 is 0 Å². The molecule has 0 spiro atoms. The molecule has 150 valence electrons. The highest BCUT2D eigenvalue weighted by Crippen LogP contribution is 2.33. The molecule has 1 unspecified atom stereocenters. The van der Waals surface area contributed by atoms with Gasteiger partial charge in [-0.25, -0.2) is 0 Å². The molecule has 8 nitrogen and oxygen atoms in total. The van der Waals surface area contributed by atoms with E-state index >= 15 is 0 Å². The average Bonchev–Trinajstić information content (AvgIpc) is 3.35. The van der Waals surface area contributed by atoms with Gasteiger partial charge in [-0.05, 0) is 25.1 Å². The Balaban J connectivity index is 1.37. The summed E-state index contributed by atoms with van der Waals surface area (Å²) in [6, 6.07) is 5.35. The zero-order chi connectivity index (χ0) is 19.9. The maximum atomic E-state index is 12.8. The Morgan fingerprint density at radius 2 is 1.82 bits per heavy atom. The molecule has 4 rings (SSSR count). The van der Waals surface area contributed by atoms with Crippen molar-refractivity contribution in [2.45, 2.75) is 39.2 Å². The van der Waals surface area contributed by atoms with E-state index in [4.69, 9.17) is 14.0 Å². The standard InChI is InChI=1S/C20H26N4O4/c1-13(17-21-19(22-28-17)20(2,3)4)23-7-9-24(10-8-23)18(25)14-5-6-15-16(11-14)27-12-26-15/h5-6,11,13H,7-10,12H2,1-4H3. The topological polar surface area (TPSA) is 80.9 Å². The lowest BCUT2D eigenvalue weighted by atomic mass is 9.96. The van der Waals surface area contributed by atoms with Crippen LogP contribution in [0.4, 0.5) is 0 Å². The summed E-state index contributed by atoms with van der Waals surface area (Å²) in [5, 5.41) is 4.12. The Hall–Kier alpha value is -2.61. The maximum Gasteiger partial charge on any atom is 0.254 e. The van der Waals surface area contributed by atoms with Crippen LogP contribution in [0.1, 0.15) is 55.8 Å². The van der Waals surface area contributed by atoms with Gasteiger partial charge in [0, 0.05) is 37.2 Å². The van der Waals surface area contributed by atoms with Crippen molar-refractivity contribution in [2.75, 3.05) is 33.0 Å². The zero-order valence-electron chi connectivity index (χ0n) is 16.8. The van der Waals surface area contributed by atoms with Crippen LogP contribution in [0, 0.1) is 0 Å². The molecule has 1 atom stereocenters. The van der Waals surface area contributed by atoms with Crippen molar-refractivity contribution in [3.05, 3.63) is 35.5 Å². The van der Waals surface area contributed by atoms with Crippen LogP contribution in [-0.4, -0.2) is 58.8 Å². The number of aromatic nitrogens is 2. The van der Waals surface area contributed by atoms with Crippen LogP contribution in [0.15, 0.2) is 22.7 Å². The normalized spacial score (nSPS) is 18.4. The van der Waals surface area contributed by atoms with Gasteiger partial charge in [0.2, 0.25) is 12.7 Å². The van der Waals surface area contributed by atoms with Crippen molar-refractivity contribution < 1.29 is 18.8 Å². The van der Waals surface area contributed by atoms with Gasteiger partial charge < -0.3 is 18.9 Å². The van der Waals surface area contributed by atoms with Crippen LogP contribution < -0.4 is 9.47 Å². The number of ether oxygens (including phenoxy) is 2. The lowest BCUT2D eigenvalue weighted by Gasteiger charge is -2.36. The Kier molecular flexibility index (Phi) is 4.74. The average molecular weight is 386 g/mol. The highest BCUT2D eigenvalue weighted by atomic mass is 16.7. The van der Waals surface area contributed by atoms with E-state index in [1.54, 1.807) is 18.2 Å². The summed E-state index contributed by atoms with van der Waals surface area (Å²) in [6.45, 7) is 11.3. The van der Waals surface area contributed by atoms with E-state index in [1.807, 2.05) is 4.90 Å². The highest BCUT2D eigenvalue weighted by molar-refractivity contribution is 5.95. The first-order chi connectivity index (χ1) is 13.3. The monoisotopic (exact) mass is 386 g/mol. The van der Waals surface area contributed by atoms with Crippen molar-refractivity contribution in [2.24, 2.45) is 0 Å².